The fourth-order valence-electron chi connectivity index (χ4n) is 1.90. The Balaban J connectivity index is 2.03. The minimum Gasteiger partial charge on any atom is -0.315 e. The summed E-state index contributed by atoms with van der Waals surface area (Å²) < 4.78 is 0. The van der Waals surface area contributed by atoms with Crippen molar-refractivity contribution in [2.24, 2.45) is 5.92 Å². The van der Waals surface area contributed by atoms with Crippen molar-refractivity contribution in [2.75, 3.05) is 13.1 Å². The minimum absolute atomic E-state index is 0.0862. The molecule has 1 aromatic carbocycles. The number of H-pyrrole nitrogens is 2. The minimum atomic E-state index is -0.245. The molecule has 3 N–H and O–H groups in total. The molecule has 0 amide bonds. The molecule has 0 saturated carbocycles. The third kappa shape index (κ3) is 1.37. The van der Waals surface area contributed by atoms with E-state index in [9.17, 15) is 9.59 Å². The second-order valence-corrected chi connectivity index (χ2v) is 4.06. The monoisotopic (exact) mass is 217 g/mol. The molecule has 16 heavy (non-hydrogen) atoms. The van der Waals surface area contributed by atoms with Gasteiger partial charge in [-0.2, -0.15) is 0 Å². The van der Waals surface area contributed by atoms with Gasteiger partial charge in [-0.15, -0.1) is 0 Å². The molecular formula is C11H11N3O2. The Morgan fingerprint density at radius 1 is 1.19 bits per heavy atom. The largest absolute Gasteiger partial charge is 0.323 e. The number of aromatic nitrogens is 2. The van der Waals surface area contributed by atoms with Crippen LogP contribution in [0.4, 0.5) is 0 Å². The molecule has 82 valence electrons. The lowest BCUT2D eigenvalue weighted by molar-refractivity contribution is 0.0878. The van der Waals surface area contributed by atoms with Gasteiger partial charge in [0.15, 0.2) is 5.78 Å². The predicted octanol–water partition coefficient (Wildman–Crippen LogP) is 0.258. The van der Waals surface area contributed by atoms with Crippen molar-refractivity contribution in [1.29, 1.82) is 0 Å². The van der Waals surface area contributed by atoms with Crippen molar-refractivity contribution in [3.05, 3.63) is 34.2 Å². The Labute approximate surface area is 90.9 Å². The van der Waals surface area contributed by atoms with Gasteiger partial charge in [0, 0.05) is 24.6 Å². The van der Waals surface area contributed by atoms with Gasteiger partial charge < -0.3 is 15.3 Å². The first-order valence-corrected chi connectivity index (χ1v) is 5.21. The van der Waals surface area contributed by atoms with E-state index in [1.165, 1.54) is 0 Å². The normalized spacial score (nSPS) is 16.2. The Kier molecular flexibility index (Phi) is 1.94. The lowest BCUT2D eigenvalue weighted by atomic mass is 9.93. The van der Waals surface area contributed by atoms with Crippen LogP contribution >= 0.6 is 0 Å². The maximum atomic E-state index is 11.9. The molecule has 5 heteroatoms. The number of aromatic amines is 2. The van der Waals surface area contributed by atoms with Crippen LogP contribution in [0.25, 0.3) is 11.0 Å². The van der Waals surface area contributed by atoms with Crippen LogP contribution in [-0.4, -0.2) is 28.8 Å². The second kappa shape index (κ2) is 3.31. The average Bonchev–Trinajstić information content (AvgIpc) is 2.53. The maximum Gasteiger partial charge on any atom is 0.323 e. The number of carbonyl (C=O) groups excluding carboxylic acids is 1. The highest BCUT2D eigenvalue weighted by atomic mass is 16.1. The number of imidazole rings is 1. The molecule has 0 spiro atoms. The summed E-state index contributed by atoms with van der Waals surface area (Å²) in [5, 5.41) is 3.07. The zero-order chi connectivity index (χ0) is 11.1. The van der Waals surface area contributed by atoms with Gasteiger partial charge in [-0.3, -0.25) is 4.79 Å². The molecule has 2 heterocycles. The van der Waals surface area contributed by atoms with E-state index >= 15 is 0 Å². The van der Waals surface area contributed by atoms with Gasteiger partial charge >= 0.3 is 5.69 Å². The van der Waals surface area contributed by atoms with Crippen molar-refractivity contribution in [2.45, 2.75) is 0 Å². The first-order chi connectivity index (χ1) is 7.74. The van der Waals surface area contributed by atoms with E-state index in [1.807, 2.05) is 0 Å². The summed E-state index contributed by atoms with van der Waals surface area (Å²) in [6.45, 7) is 1.50. The van der Waals surface area contributed by atoms with Crippen molar-refractivity contribution in [1.82, 2.24) is 15.3 Å². The number of ketones is 1. The number of hydrogen-bond donors (Lipinski definition) is 3. The molecule has 0 radical (unpaired) electrons. The quantitative estimate of drug-likeness (QED) is 0.631. The number of rotatable bonds is 2. The van der Waals surface area contributed by atoms with E-state index in [0.717, 1.165) is 18.6 Å². The highest BCUT2D eigenvalue weighted by Crippen LogP contribution is 2.16. The number of Topliss-reactive ketones (excluding diaryl/α,β-unsaturated/α-hetero) is 1. The first kappa shape index (κ1) is 9.35. The SMILES string of the molecule is O=C(c1ccc2[nH]c(=O)[nH]c2c1)C1CNC1. The molecule has 1 fully saturated rings. The topological polar surface area (TPSA) is 77.8 Å². The van der Waals surface area contributed by atoms with E-state index in [2.05, 4.69) is 15.3 Å². The van der Waals surface area contributed by atoms with E-state index < -0.39 is 0 Å². The van der Waals surface area contributed by atoms with Gasteiger partial charge in [0.05, 0.1) is 11.0 Å². The lowest BCUT2D eigenvalue weighted by Crippen LogP contribution is -2.46. The van der Waals surface area contributed by atoms with Gasteiger partial charge in [0.1, 0.15) is 0 Å². The molecule has 0 aliphatic carbocycles. The number of benzene rings is 1. The van der Waals surface area contributed by atoms with Crippen molar-refractivity contribution in [3.8, 4) is 0 Å². The van der Waals surface area contributed by atoms with E-state index in [4.69, 9.17) is 0 Å². The summed E-state index contributed by atoms with van der Waals surface area (Å²) in [6.07, 6.45) is 0. The van der Waals surface area contributed by atoms with Gasteiger partial charge in [-0.05, 0) is 18.2 Å². The van der Waals surface area contributed by atoms with Crippen LogP contribution in [-0.2, 0) is 0 Å². The van der Waals surface area contributed by atoms with E-state index in [0.29, 0.717) is 11.1 Å². The molecule has 1 saturated heterocycles. The average molecular weight is 217 g/mol. The van der Waals surface area contributed by atoms with Crippen molar-refractivity contribution < 1.29 is 4.79 Å². The number of nitrogens with one attached hydrogen (secondary N) is 3. The van der Waals surface area contributed by atoms with Gasteiger partial charge in [0.25, 0.3) is 0 Å². The van der Waals surface area contributed by atoms with Gasteiger partial charge in [-0.1, -0.05) is 0 Å². The summed E-state index contributed by atoms with van der Waals surface area (Å²) in [7, 11) is 0. The molecule has 2 aromatic rings. The Hall–Kier alpha value is -1.88. The summed E-state index contributed by atoms with van der Waals surface area (Å²) in [5.41, 5.74) is 1.83. The van der Waals surface area contributed by atoms with Crippen LogP contribution in [0.3, 0.4) is 0 Å². The molecule has 0 bridgehead atoms. The standard InChI is InChI=1S/C11H11N3O2/c15-10(7-4-12-5-7)6-1-2-8-9(3-6)14-11(16)13-8/h1-3,7,12H,4-5H2,(H2,13,14,16). The van der Waals surface area contributed by atoms with Crippen LogP contribution in [0.5, 0.6) is 0 Å². The Morgan fingerprint density at radius 3 is 2.62 bits per heavy atom. The fraction of sp³-hybridized carbons (Fsp3) is 0.273. The molecule has 1 aromatic heterocycles. The summed E-state index contributed by atoms with van der Waals surface area (Å²) in [5.74, 6) is 0.228. The molecular weight excluding hydrogens is 206 g/mol. The Bertz CT molecular complexity index is 607. The highest BCUT2D eigenvalue weighted by Gasteiger charge is 2.25. The summed E-state index contributed by atoms with van der Waals surface area (Å²) in [6, 6.07) is 5.24. The summed E-state index contributed by atoms with van der Waals surface area (Å²) in [4.78, 5) is 28.3. The fourth-order valence-corrected chi connectivity index (χ4v) is 1.90. The third-order valence-electron chi connectivity index (χ3n) is 2.95. The third-order valence-corrected chi connectivity index (χ3v) is 2.95. The second-order valence-electron chi connectivity index (χ2n) is 4.06. The van der Waals surface area contributed by atoms with Crippen LogP contribution in [0.1, 0.15) is 10.4 Å². The number of carbonyl (C=O) groups is 1. The van der Waals surface area contributed by atoms with Crippen LogP contribution in [0, 0.1) is 5.92 Å². The number of hydrogen-bond acceptors (Lipinski definition) is 3. The first-order valence-electron chi connectivity index (χ1n) is 5.21. The van der Waals surface area contributed by atoms with Crippen LogP contribution in [0.2, 0.25) is 0 Å². The molecule has 5 nitrogen and oxygen atoms in total. The van der Waals surface area contributed by atoms with Crippen LogP contribution in [0.15, 0.2) is 23.0 Å². The van der Waals surface area contributed by atoms with Crippen molar-refractivity contribution >= 4 is 16.8 Å². The zero-order valence-corrected chi connectivity index (χ0v) is 8.54. The molecule has 3 rings (SSSR count). The Morgan fingerprint density at radius 2 is 1.94 bits per heavy atom. The smallest absolute Gasteiger partial charge is 0.315 e. The van der Waals surface area contributed by atoms with E-state index in [-0.39, 0.29) is 17.4 Å². The molecule has 0 unspecified atom stereocenters. The lowest BCUT2D eigenvalue weighted by Gasteiger charge is -2.25. The van der Waals surface area contributed by atoms with E-state index in [1.54, 1.807) is 18.2 Å². The zero-order valence-electron chi connectivity index (χ0n) is 8.54. The van der Waals surface area contributed by atoms with Gasteiger partial charge in [0.2, 0.25) is 0 Å². The number of fused-ring (bicyclic) bond motifs is 1. The summed E-state index contributed by atoms with van der Waals surface area (Å²) >= 11 is 0. The molecule has 1 aliphatic rings. The predicted molar refractivity (Wildman–Crippen MR) is 59.6 cm³/mol. The van der Waals surface area contributed by atoms with Crippen LogP contribution < -0.4 is 11.0 Å². The van der Waals surface area contributed by atoms with Crippen molar-refractivity contribution in [3.63, 3.8) is 0 Å². The molecule has 0 atom stereocenters. The van der Waals surface area contributed by atoms with Gasteiger partial charge in [-0.25, -0.2) is 4.79 Å². The maximum absolute atomic E-state index is 11.9. The highest BCUT2D eigenvalue weighted by molar-refractivity contribution is 6.01. The molecule has 1 aliphatic heterocycles.